The van der Waals surface area contributed by atoms with Gasteiger partial charge in [-0.05, 0) is 19.4 Å². The molecule has 0 amide bonds. The molecule has 14 heavy (non-hydrogen) atoms. The Hall–Kier alpha value is -0.410. The van der Waals surface area contributed by atoms with Gasteiger partial charge in [-0.2, -0.15) is 0 Å². The minimum Gasteiger partial charge on any atom is -0.330 e. The van der Waals surface area contributed by atoms with Gasteiger partial charge in [-0.15, -0.1) is 0 Å². The van der Waals surface area contributed by atoms with Crippen molar-refractivity contribution >= 4 is 5.78 Å². The molecule has 0 aliphatic heterocycles. The maximum absolute atomic E-state index is 11.6. The molecule has 0 saturated heterocycles. The van der Waals surface area contributed by atoms with Crippen LogP contribution in [-0.2, 0) is 4.79 Å². The van der Waals surface area contributed by atoms with E-state index in [1.807, 2.05) is 20.8 Å². The topological polar surface area (TPSA) is 69.1 Å². The molecule has 0 rings (SSSR count). The minimum atomic E-state index is -0.317. The first-order valence-electron chi connectivity index (χ1n) is 4.89. The van der Waals surface area contributed by atoms with Crippen LogP contribution in [-0.4, -0.2) is 18.4 Å². The van der Waals surface area contributed by atoms with Crippen LogP contribution in [0.4, 0.5) is 0 Å². The highest BCUT2D eigenvalue weighted by molar-refractivity contribution is 5.88. The Balaban J connectivity index is 0. The Labute approximate surface area is 88.2 Å². The number of carbonyl (C=O) groups is 1. The lowest BCUT2D eigenvalue weighted by atomic mass is 9.85. The van der Waals surface area contributed by atoms with Crippen molar-refractivity contribution in [2.45, 2.75) is 53.5 Å². The zero-order valence-corrected chi connectivity index (χ0v) is 8.97. The third-order valence-electron chi connectivity index (χ3n) is 2.05. The highest BCUT2D eigenvalue weighted by Crippen LogP contribution is 2.17. The first-order chi connectivity index (χ1) is 5.89. The van der Waals surface area contributed by atoms with Crippen molar-refractivity contribution in [3.63, 3.8) is 0 Å². The highest BCUT2D eigenvalue weighted by Gasteiger charge is 2.26. The summed E-state index contributed by atoms with van der Waals surface area (Å²) in [6.07, 6.45) is 2.65. The van der Waals surface area contributed by atoms with Crippen LogP contribution in [0.1, 0.15) is 47.5 Å². The summed E-state index contributed by atoms with van der Waals surface area (Å²) in [4.78, 5) is 11.6. The van der Waals surface area contributed by atoms with Crippen molar-refractivity contribution in [3.8, 4) is 0 Å². The Kier molecular flexibility index (Phi) is 7.97. The fourth-order valence-corrected chi connectivity index (χ4v) is 1.20. The van der Waals surface area contributed by atoms with Crippen LogP contribution in [0.2, 0.25) is 0 Å². The van der Waals surface area contributed by atoms with Crippen molar-refractivity contribution < 1.29 is 4.79 Å². The Morgan fingerprint density at radius 1 is 1.29 bits per heavy atom. The summed E-state index contributed by atoms with van der Waals surface area (Å²) in [6, 6.07) is -0.313. The summed E-state index contributed by atoms with van der Waals surface area (Å²) in [5.41, 5.74) is 10.8. The molecular formula is C11H26N2O. The summed E-state index contributed by atoms with van der Waals surface area (Å²) in [7, 11) is 0. The number of nitrogens with two attached hydrogens (primary N) is 2. The maximum atomic E-state index is 11.6. The van der Waals surface area contributed by atoms with Gasteiger partial charge in [-0.25, -0.2) is 0 Å². The van der Waals surface area contributed by atoms with Crippen LogP contribution < -0.4 is 11.5 Å². The predicted molar refractivity (Wildman–Crippen MR) is 62.1 cm³/mol. The van der Waals surface area contributed by atoms with E-state index in [4.69, 9.17) is 11.5 Å². The number of hydrogen-bond donors (Lipinski definition) is 2. The molecule has 0 fully saturated rings. The normalized spacial score (nSPS) is 13.2. The molecular weight excluding hydrogens is 176 g/mol. The smallest absolute Gasteiger partial charge is 0.154 e. The van der Waals surface area contributed by atoms with Gasteiger partial charge in [-0.3, -0.25) is 4.79 Å². The minimum absolute atomic E-state index is 0. The van der Waals surface area contributed by atoms with Crippen LogP contribution in [0.5, 0.6) is 0 Å². The number of rotatable bonds is 5. The van der Waals surface area contributed by atoms with E-state index >= 15 is 0 Å². The third kappa shape index (κ3) is 6.11. The predicted octanol–water partition coefficient (Wildman–Crippen LogP) is 1.69. The van der Waals surface area contributed by atoms with E-state index in [1.54, 1.807) is 0 Å². The average molecular weight is 202 g/mol. The summed E-state index contributed by atoms with van der Waals surface area (Å²) < 4.78 is 0. The van der Waals surface area contributed by atoms with Crippen molar-refractivity contribution in [1.29, 1.82) is 0 Å². The van der Waals surface area contributed by atoms with E-state index < -0.39 is 0 Å². The van der Waals surface area contributed by atoms with E-state index in [0.29, 0.717) is 6.54 Å². The number of carbonyl (C=O) groups excluding carboxylic acids is 1. The highest BCUT2D eigenvalue weighted by atomic mass is 16.1. The first-order valence-corrected chi connectivity index (χ1v) is 4.89. The fraction of sp³-hybridized carbons (Fsp3) is 0.909. The average Bonchev–Trinajstić information content (AvgIpc) is 2.01. The number of ketones is 1. The van der Waals surface area contributed by atoms with Gasteiger partial charge < -0.3 is 11.5 Å². The molecule has 0 heterocycles. The molecule has 0 radical (unpaired) electrons. The Morgan fingerprint density at radius 2 is 1.79 bits per heavy atom. The molecule has 0 saturated carbocycles. The van der Waals surface area contributed by atoms with Crippen molar-refractivity contribution in [2.24, 2.45) is 16.9 Å². The van der Waals surface area contributed by atoms with E-state index in [9.17, 15) is 4.79 Å². The van der Waals surface area contributed by atoms with Crippen LogP contribution in [0.3, 0.4) is 0 Å². The van der Waals surface area contributed by atoms with Crippen molar-refractivity contribution in [1.82, 2.24) is 0 Å². The zero-order valence-electron chi connectivity index (χ0n) is 8.97. The SMILES string of the molecule is C.CC(C)(C)C(=O)[C@@H](N)CCCCN. The van der Waals surface area contributed by atoms with E-state index in [2.05, 4.69) is 0 Å². The molecule has 0 aromatic carbocycles. The molecule has 0 bridgehead atoms. The lowest BCUT2D eigenvalue weighted by Gasteiger charge is -2.21. The molecule has 0 aromatic heterocycles. The summed E-state index contributed by atoms with van der Waals surface area (Å²) in [6.45, 7) is 6.38. The lowest BCUT2D eigenvalue weighted by molar-refractivity contribution is -0.127. The standard InChI is InChI=1S/C10H22N2O.CH4/c1-10(2,3)9(13)8(12)6-4-5-7-11;/h8H,4-7,11-12H2,1-3H3;1H4/t8-;/m0./s1. The third-order valence-corrected chi connectivity index (χ3v) is 2.05. The molecule has 0 unspecified atom stereocenters. The van der Waals surface area contributed by atoms with E-state index in [0.717, 1.165) is 19.3 Å². The van der Waals surface area contributed by atoms with Crippen LogP contribution in [0.25, 0.3) is 0 Å². The molecule has 0 aromatic rings. The summed E-state index contributed by atoms with van der Waals surface area (Å²) in [5, 5.41) is 0. The second kappa shape index (κ2) is 6.96. The molecule has 3 nitrogen and oxygen atoms in total. The quantitative estimate of drug-likeness (QED) is 0.667. The second-order valence-corrected chi connectivity index (χ2v) is 4.51. The van der Waals surface area contributed by atoms with Gasteiger partial charge in [0.2, 0.25) is 0 Å². The molecule has 86 valence electrons. The molecule has 0 aliphatic rings. The Bertz CT molecular complexity index is 161. The molecule has 0 aliphatic carbocycles. The van der Waals surface area contributed by atoms with Crippen molar-refractivity contribution in [2.75, 3.05) is 6.54 Å². The van der Waals surface area contributed by atoms with Gasteiger partial charge in [0.15, 0.2) is 5.78 Å². The Morgan fingerprint density at radius 3 is 2.14 bits per heavy atom. The van der Waals surface area contributed by atoms with Gasteiger partial charge in [0.05, 0.1) is 6.04 Å². The largest absolute Gasteiger partial charge is 0.330 e. The van der Waals surface area contributed by atoms with E-state index in [-0.39, 0.29) is 24.7 Å². The molecule has 0 spiro atoms. The monoisotopic (exact) mass is 202 g/mol. The number of unbranched alkanes of at least 4 members (excludes halogenated alkanes) is 1. The number of Topliss-reactive ketones (excluding diaryl/α,β-unsaturated/α-hetero) is 1. The molecule has 4 N–H and O–H groups in total. The number of hydrogen-bond acceptors (Lipinski definition) is 3. The van der Waals surface area contributed by atoms with Gasteiger partial charge in [0, 0.05) is 5.41 Å². The summed E-state index contributed by atoms with van der Waals surface area (Å²) in [5.74, 6) is 0.143. The van der Waals surface area contributed by atoms with Crippen LogP contribution in [0, 0.1) is 5.41 Å². The first kappa shape index (κ1) is 16.0. The van der Waals surface area contributed by atoms with Gasteiger partial charge in [0.1, 0.15) is 0 Å². The van der Waals surface area contributed by atoms with Crippen LogP contribution in [0.15, 0.2) is 0 Å². The maximum Gasteiger partial charge on any atom is 0.154 e. The fourth-order valence-electron chi connectivity index (χ4n) is 1.20. The zero-order chi connectivity index (χ0) is 10.5. The van der Waals surface area contributed by atoms with Crippen LogP contribution >= 0.6 is 0 Å². The van der Waals surface area contributed by atoms with Gasteiger partial charge >= 0.3 is 0 Å². The van der Waals surface area contributed by atoms with Gasteiger partial charge in [-0.1, -0.05) is 34.6 Å². The second-order valence-electron chi connectivity index (χ2n) is 4.51. The van der Waals surface area contributed by atoms with Gasteiger partial charge in [0.25, 0.3) is 0 Å². The summed E-state index contributed by atoms with van der Waals surface area (Å²) >= 11 is 0. The lowest BCUT2D eigenvalue weighted by Crippen LogP contribution is -2.38. The van der Waals surface area contributed by atoms with E-state index in [1.165, 1.54) is 0 Å². The van der Waals surface area contributed by atoms with Crippen molar-refractivity contribution in [3.05, 3.63) is 0 Å². The molecule has 3 heteroatoms. The molecule has 1 atom stereocenters.